The predicted octanol–water partition coefficient (Wildman–Crippen LogP) is 1.78. The summed E-state index contributed by atoms with van der Waals surface area (Å²) in [6.45, 7) is 2.42. The molecule has 1 rings (SSSR count). The lowest BCUT2D eigenvalue weighted by Gasteiger charge is -2.23. The molecule has 0 aliphatic rings. The number of nitrogens with one attached hydrogen (secondary N) is 1. The SMILES string of the molecule is CNC(=O)N(CCCN(C)C)Cc1ccccc1. The van der Waals surface area contributed by atoms with E-state index in [1.807, 2.05) is 49.3 Å². The topological polar surface area (TPSA) is 35.6 Å². The lowest BCUT2D eigenvalue weighted by atomic mass is 10.2. The zero-order chi connectivity index (χ0) is 13.4. The van der Waals surface area contributed by atoms with Gasteiger partial charge in [-0.2, -0.15) is 0 Å². The molecule has 2 amide bonds. The lowest BCUT2D eigenvalue weighted by molar-refractivity contribution is 0.194. The molecule has 1 aromatic carbocycles. The van der Waals surface area contributed by atoms with Crippen LogP contribution < -0.4 is 5.32 Å². The fourth-order valence-corrected chi connectivity index (χ4v) is 1.79. The third-order valence-corrected chi connectivity index (χ3v) is 2.75. The maximum atomic E-state index is 11.8. The Balaban J connectivity index is 2.53. The number of amides is 2. The Morgan fingerprint density at radius 2 is 1.83 bits per heavy atom. The second-order valence-electron chi connectivity index (χ2n) is 4.62. The standard InChI is InChI=1S/C14H23N3O/c1-15-14(18)17(11-7-10-16(2)3)12-13-8-5-4-6-9-13/h4-6,8-9H,7,10-12H2,1-3H3,(H,15,18). The van der Waals surface area contributed by atoms with E-state index >= 15 is 0 Å². The van der Waals surface area contributed by atoms with Crippen molar-refractivity contribution in [2.24, 2.45) is 0 Å². The van der Waals surface area contributed by atoms with Crippen LogP contribution >= 0.6 is 0 Å². The molecule has 0 atom stereocenters. The Hall–Kier alpha value is -1.55. The van der Waals surface area contributed by atoms with Crippen molar-refractivity contribution in [2.75, 3.05) is 34.2 Å². The molecule has 0 radical (unpaired) electrons. The minimum absolute atomic E-state index is 0.0161. The summed E-state index contributed by atoms with van der Waals surface area (Å²) in [4.78, 5) is 15.8. The Morgan fingerprint density at radius 3 is 2.39 bits per heavy atom. The smallest absolute Gasteiger partial charge is 0.317 e. The monoisotopic (exact) mass is 249 g/mol. The third-order valence-electron chi connectivity index (χ3n) is 2.75. The van der Waals surface area contributed by atoms with E-state index in [-0.39, 0.29) is 6.03 Å². The molecule has 0 heterocycles. The summed E-state index contributed by atoms with van der Waals surface area (Å²) < 4.78 is 0. The minimum Gasteiger partial charge on any atom is -0.341 e. The fraction of sp³-hybridized carbons (Fsp3) is 0.500. The van der Waals surface area contributed by atoms with Crippen LogP contribution in [0.1, 0.15) is 12.0 Å². The van der Waals surface area contributed by atoms with Crippen molar-refractivity contribution in [3.63, 3.8) is 0 Å². The number of nitrogens with zero attached hydrogens (tertiary/aromatic N) is 2. The normalized spacial score (nSPS) is 10.4. The molecule has 1 aromatic rings. The first-order valence-electron chi connectivity index (χ1n) is 6.29. The van der Waals surface area contributed by atoms with Gasteiger partial charge in [-0.25, -0.2) is 4.79 Å². The first-order valence-corrected chi connectivity index (χ1v) is 6.29. The first-order chi connectivity index (χ1) is 8.63. The van der Waals surface area contributed by atoms with Crippen molar-refractivity contribution in [1.29, 1.82) is 0 Å². The zero-order valence-electron chi connectivity index (χ0n) is 11.5. The quantitative estimate of drug-likeness (QED) is 0.834. The van der Waals surface area contributed by atoms with Crippen molar-refractivity contribution in [3.05, 3.63) is 35.9 Å². The molecule has 0 unspecified atom stereocenters. The van der Waals surface area contributed by atoms with Gasteiger partial charge in [0.1, 0.15) is 0 Å². The molecule has 4 nitrogen and oxygen atoms in total. The highest BCUT2D eigenvalue weighted by atomic mass is 16.2. The van der Waals surface area contributed by atoms with Crippen LogP contribution in [0.4, 0.5) is 4.79 Å². The molecule has 0 fully saturated rings. The van der Waals surface area contributed by atoms with Gasteiger partial charge < -0.3 is 15.1 Å². The first kappa shape index (κ1) is 14.5. The lowest BCUT2D eigenvalue weighted by Crippen LogP contribution is -2.39. The largest absolute Gasteiger partial charge is 0.341 e. The Labute approximate surface area is 110 Å². The van der Waals surface area contributed by atoms with Crippen LogP contribution in [0.5, 0.6) is 0 Å². The van der Waals surface area contributed by atoms with Crippen LogP contribution in [0.25, 0.3) is 0 Å². The predicted molar refractivity (Wildman–Crippen MR) is 74.5 cm³/mol. The average Bonchev–Trinajstić information content (AvgIpc) is 2.37. The second-order valence-corrected chi connectivity index (χ2v) is 4.62. The Morgan fingerprint density at radius 1 is 1.17 bits per heavy atom. The van der Waals surface area contributed by atoms with Gasteiger partial charge in [0, 0.05) is 20.1 Å². The molecule has 100 valence electrons. The molecular formula is C14H23N3O. The molecule has 0 aliphatic heterocycles. The molecule has 0 saturated carbocycles. The van der Waals surface area contributed by atoms with Crippen molar-refractivity contribution in [3.8, 4) is 0 Å². The molecule has 0 spiro atoms. The number of hydrogen-bond acceptors (Lipinski definition) is 2. The molecule has 0 aliphatic carbocycles. The summed E-state index contributed by atoms with van der Waals surface area (Å²) >= 11 is 0. The van der Waals surface area contributed by atoms with Gasteiger partial charge in [0.05, 0.1) is 0 Å². The molecule has 18 heavy (non-hydrogen) atoms. The summed E-state index contributed by atoms with van der Waals surface area (Å²) in [5.41, 5.74) is 1.16. The van der Waals surface area contributed by atoms with E-state index < -0.39 is 0 Å². The number of hydrogen-bond donors (Lipinski definition) is 1. The van der Waals surface area contributed by atoms with E-state index in [2.05, 4.69) is 10.2 Å². The van der Waals surface area contributed by atoms with Gasteiger partial charge in [0.25, 0.3) is 0 Å². The van der Waals surface area contributed by atoms with Crippen molar-refractivity contribution in [1.82, 2.24) is 15.1 Å². The van der Waals surface area contributed by atoms with Crippen LogP contribution in [-0.4, -0.2) is 50.1 Å². The van der Waals surface area contributed by atoms with Gasteiger partial charge in [0.15, 0.2) is 0 Å². The van der Waals surface area contributed by atoms with Crippen molar-refractivity contribution >= 4 is 6.03 Å². The van der Waals surface area contributed by atoms with Gasteiger partial charge in [-0.1, -0.05) is 30.3 Å². The van der Waals surface area contributed by atoms with Crippen LogP contribution in [0.3, 0.4) is 0 Å². The maximum Gasteiger partial charge on any atom is 0.317 e. The van der Waals surface area contributed by atoms with E-state index in [1.54, 1.807) is 7.05 Å². The van der Waals surface area contributed by atoms with Crippen molar-refractivity contribution in [2.45, 2.75) is 13.0 Å². The van der Waals surface area contributed by atoms with E-state index in [1.165, 1.54) is 0 Å². The van der Waals surface area contributed by atoms with Crippen LogP contribution in [0.15, 0.2) is 30.3 Å². The van der Waals surface area contributed by atoms with E-state index in [4.69, 9.17) is 0 Å². The molecule has 0 saturated heterocycles. The summed E-state index contributed by atoms with van der Waals surface area (Å²) in [5.74, 6) is 0. The number of rotatable bonds is 6. The van der Waals surface area contributed by atoms with Crippen LogP contribution in [-0.2, 0) is 6.54 Å². The minimum atomic E-state index is -0.0161. The fourth-order valence-electron chi connectivity index (χ4n) is 1.79. The van der Waals surface area contributed by atoms with Crippen molar-refractivity contribution < 1.29 is 4.79 Å². The van der Waals surface area contributed by atoms with Crippen LogP contribution in [0, 0.1) is 0 Å². The number of carbonyl (C=O) groups excluding carboxylic acids is 1. The Kier molecular flexibility index (Phi) is 6.22. The zero-order valence-corrected chi connectivity index (χ0v) is 11.5. The molecular weight excluding hydrogens is 226 g/mol. The van der Waals surface area contributed by atoms with E-state index in [9.17, 15) is 4.79 Å². The molecule has 1 N–H and O–H groups in total. The van der Waals surface area contributed by atoms with E-state index in [0.29, 0.717) is 6.54 Å². The number of urea groups is 1. The van der Waals surface area contributed by atoms with E-state index in [0.717, 1.165) is 25.1 Å². The molecule has 0 aromatic heterocycles. The maximum absolute atomic E-state index is 11.8. The third kappa shape index (κ3) is 5.19. The average molecular weight is 249 g/mol. The summed E-state index contributed by atoms with van der Waals surface area (Å²) in [5, 5.41) is 2.70. The highest BCUT2D eigenvalue weighted by Crippen LogP contribution is 2.05. The number of carbonyl (C=O) groups is 1. The number of benzene rings is 1. The van der Waals surface area contributed by atoms with Gasteiger partial charge >= 0.3 is 6.03 Å². The van der Waals surface area contributed by atoms with Gasteiger partial charge in [0.2, 0.25) is 0 Å². The van der Waals surface area contributed by atoms with Gasteiger partial charge in [-0.3, -0.25) is 0 Å². The highest BCUT2D eigenvalue weighted by Gasteiger charge is 2.11. The van der Waals surface area contributed by atoms with Crippen LogP contribution in [0.2, 0.25) is 0 Å². The molecule has 4 heteroatoms. The summed E-state index contributed by atoms with van der Waals surface area (Å²) in [7, 11) is 5.76. The van der Waals surface area contributed by atoms with Gasteiger partial charge in [-0.05, 0) is 32.6 Å². The Bertz CT molecular complexity index is 351. The summed E-state index contributed by atoms with van der Waals surface area (Å²) in [6, 6.07) is 10.1. The summed E-state index contributed by atoms with van der Waals surface area (Å²) in [6.07, 6.45) is 0.979. The highest BCUT2D eigenvalue weighted by molar-refractivity contribution is 5.73. The van der Waals surface area contributed by atoms with Gasteiger partial charge in [-0.15, -0.1) is 0 Å². The molecule has 0 bridgehead atoms. The second kappa shape index (κ2) is 7.71.